The number of hydrogen-bond acceptors (Lipinski definition) is 5. The Kier molecular flexibility index (Phi) is 4.87. The van der Waals surface area contributed by atoms with Crippen molar-refractivity contribution in [2.45, 2.75) is 26.2 Å². The molecule has 0 fully saturated rings. The predicted octanol–water partition coefficient (Wildman–Crippen LogP) is 2.42. The van der Waals surface area contributed by atoms with Gasteiger partial charge in [-0.1, -0.05) is 11.6 Å². The molecule has 28 heavy (non-hydrogen) atoms. The van der Waals surface area contributed by atoms with Crippen molar-refractivity contribution in [3.05, 3.63) is 62.7 Å². The van der Waals surface area contributed by atoms with Crippen molar-refractivity contribution < 1.29 is 9.53 Å². The van der Waals surface area contributed by atoms with Crippen LogP contribution in [0.15, 0.2) is 35.1 Å². The van der Waals surface area contributed by atoms with Gasteiger partial charge in [0.25, 0.3) is 11.5 Å². The van der Waals surface area contributed by atoms with Crippen LogP contribution in [0.3, 0.4) is 0 Å². The molecule has 2 heterocycles. The zero-order valence-corrected chi connectivity index (χ0v) is 15.9. The van der Waals surface area contributed by atoms with Crippen LogP contribution in [0.2, 0.25) is 5.02 Å². The van der Waals surface area contributed by atoms with Gasteiger partial charge < -0.3 is 10.1 Å². The van der Waals surface area contributed by atoms with Crippen molar-refractivity contribution in [2.75, 3.05) is 11.9 Å². The topological polar surface area (TPSA) is 102 Å². The van der Waals surface area contributed by atoms with Crippen LogP contribution < -0.4 is 15.6 Å². The first-order valence-corrected chi connectivity index (χ1v) is 9.25. The highest BCUT2D eigenvalue weighted by atomic mass is 35.5. The Bertz CT molecular complexity index is 1090. The Morgan fingerprint density at radius 1 is 1.32 bits per heavy atom. The van der Waals surface area contributed by atoms with Crippen LogP contribution in [0.5, 0.6) is 5.75 Å². The molecule has 0 radical (unpaired) electrons. The highest BCUT2D eigenvalue weighted by Gasteiger charge is 2.20. The van der Waals surface area contributed by atoms with Gasteiger partial charge in [-0.3, -0.25) is 14.6 Å². The van der Waals surface area contributed by atoms with Crippen LogP contribution in [0.25, 0.3) is 5.95 Å². The van der Waals surface area contributed by atoms with Crippen molar-refractivity contribution in [3.63, 3.8) is 0 Å². The summed E-state index contributed by atoms with van der Waals surface area (Å²) in [5, 5.41) is 7.68. The molecule has 144 valence electrons. The molecular weight excluding hydrogens is 382 g/mol. The van der Waals surface area contributed by atoms with E-state index in [1.54, 1.807) is 37.3 Å². The average Bonchev–Trinajstić information content (AvgIpc) is 3.28. The first-order chi connectivity index (χ1) is 13.5. The smallest absolute Gasteiger partial charge is 0.263 e. The minimum atomic E-state index is -0.361. The fourth-order valence-electron chi connectivity index (χ4n) is 3.14. The quantitative estimate of drug-likeness (QED) is 0.686. The van der Waals surface area contributed by atoms with Gasteiger partial charge in [-0.05, 0) is 50.5 Å². The van der Waals surface area contributed by atoms with Crippen molar-refractivity contribution in [1.29, 1.82) is 0 Å². The summed E-state index contributed by atoms with van der Waals surface area (Å²) < 4.78 is 6.88. The summed E-state index contributed by atoms with van der Waals surface area (Å²) in [4.78, 5) is 31.8. The summed E-state index contributed by atoms with van der Waals surface area (Å²) in [6, 6.07) is 8.44. The fraction of sp³-hybridized carbons (Fsp3) is 0.263. The molecule has 8 nitrogen and oxygen atoms in total. The number of rotatable bonds is 5. The normalized spacial score (nSPS) is 12.6. The van der Waals surface area contributed by atoms with E-state index < -0.39 is 0 Å². The molecule has 1 amide bonds. The number of aromatic nitrogens is 4. The second-order valence-electron chi connectivity index (χ2n) is 6.54. The maximum Gasteiger partial charge on any atom is 0.263 e. The number of nitrogens with one attached hydrogen (secondary N) is 2. The molecule has 0 spiro atoms. The number of nitrogens with zero attached hydrogens (tertiary/aromatic N) is 3. The van der Waals surface area contributed by atoms with Gasteiger partial charge in [-0.25, -0.2) is 4.98 Å². The number of carbonyl (C=O) groups excluding carboxylic acids is 1. The Morgan fingerprint density at radius 3 is 2.89 bits per heavy atom. The van der Waals surface area contributed by atoms with E-state index >= 15 is 0 Å². The molecule has 0 saturated heterocycles. The summed E-state index contributed by atoms with van der Waals surface area (Å²) in [7, 11) is 0. The van der Waals surface area contributed by atoms with E-state index in [2.05, 4.69) is 20.4 Å². The molecule has 0 atom stereocenters. The van der Waals surface area contributed by atoms with E-state index in [1.807, 2.05) is 0 Å². The predicted molar refractivity (Wildman–Crippen MR) is 104 cm³/mol. The maximum atomic E-state index is 12.3. The Labute approximate surface area is 165 Å². The molecule has 1 aliphatic carbocycles. The monoisotopic (exact) mass is 399 g/mol. The third-order valence-corrected chi connectivity index (χ3v) is 4.66. The SMILES string of the molecule is Cc1cc(NC(=O)COc2ccc(Cl)cc2)n(-c2nc3c(c(=O)[nH]2)CCC3)n1. The summed E-state index contributed by atoms with van der Waals surface area (Å²) in [6.07, 6.45) is 2.42. The van der Waals surface area contributed by atoms with E-state index in [0.717, 1.165) is 30.5 Å². The minimum absolute atomic E-state index is 0.158. The third kappa shape index (κ3) is 3.77. The summed E-state index contributed by atoms with van der Waals surface area (Å²) in [5.74, 6) is 0.865. The number of aryl methyl sites for hydroxylation is 2. The number of amides is 1. The van der Waals surface area contributed by atoms with E-state index in [0.29, 0.717) is 22.3 Å². The second kappa shape index (κ2) is 7.47. The Balaban J connectivity index is 1.52. The lowest BCUT2D eigenvalue weighted by Crippen LogP contribution is -2.24. The highest BCUT2D eigenvalue weighted by molar-refractivity contribution is 6.30. The molecule has 0 bridgehead atoms. The van der Waals surface area contributed by atoms with Gasteiger partial charge in [0.15, 0.2) is 6.61 Å². The standard InChI is InChI=1S/C19H18ClN5O3/c1-11-9-16(22-17(26)10-28-13-7-5-12(20)6-8-13)25(24-11)19-21-15-4-2-3-14(15)18(27)23-19/h5-9H,2-4,10H2,1H3,(H,22,26)(H,21,23,27). The molecule has 1 aliphatic rings. The number of ether oxygens (including phenoxy) is 1. The number of carbonyl (C=O) groups is 1. The van der Waals surface area contributed by atoms with E-state index in [1.165, 1.54) is 4.68 Å². The van der Waals surface area contributed by atoms with Crippen LogP contribution in [-0.4, -0.2) is 32.3 Å². The average molecular weight is 400 g/mol. The maximum absolute atomic E-state index is 12.3. The van der Waals surface area contributed by atoms with Crippen LogP contribution in [0.1, 0.15) is 23.4 Å². The fourth-order valence-corrected chi connectivity index (χ4v) is 3.26. The number of H-pyrrole nitrogens is 1. The number of anilines is 1. The third-order valence-electron chi connectivity index (χ3n) is 4.41. The number of aromatic amines is 1. The zero-order chi connectivity index (χ0) is 19.7. The number of benzene rings is 1. The minimum Gasteiger partial charge on any atom is -0.484 e. The van der Waals surface area contributed by atoms with Gasteiger partial charge in [0.2, 0.25) is 5.95 Å². The lowest BCUT2D eigenvalue weighted by atomic mass is 10.3. The van der Waals surface area contributed by atoms with Gasteiger partial charge in [0.1, 0.15) is 11.6 Å². The second-order valence-corrected chi connectivity index (χ2v) is 6.98. The molecule has 9 heteroatoms. The Hall–Kier alpha value is -3.13. The van der Waals surface area contributed by atoms with Crippen molar-refractivity contribution >= 4 is 23.3 Å². The number of halogens is 1. The van der Waals surface area contributed by atoms with Gasteiger partial charge in [0.05, 0.1) is 11.4 Å². The van der Waals surface area contributed by atoms with E-state index in [-0.39, 0.29) is 24.0 Å². The van der Waals surface area contributed by atoms with Gasteiger partial charge in [-0.15, -0.1) is 0 Å². The molecule has 1 aromatic carbocycles. The van der Waals surface area contributed by atoms with Crippen LogP contribution in [-0.2, 0) is 17.6 Å². The first kappa shape index (κ1) is 18.2. The number of hydrogen-bond donors (Lipinski definition) is 2. The summed E-state index contributed by atoms with van der Waals surface area (Å²) in [5.41, 5.74) is 2.04. The lowest BCUT2D eigenvalue weighted by Gasteiger charge is -2.10. The van der Waals surface area contributed by atoms with Crippen LogP contribution in [0.4, 0.5) is 5.82 Å². The van der Waals surface area contributed by atoms with Crippen LogP contribution in [0, 0.1) is 6.92 Å². The highest BCUT2D eigenvalue weighted by Crippen LogP contribution is 2.19. The molecule has 2 N–H and O–H groups in total. The number of fused-ring (bicyclic) bond motifs is 1. The summed E-state index contributed by atoms with van der Waals surface area (Å²) in [6.45, 7) is 1.61. The molecule has 3 aromatic rings. The summed E-state index contributed by atoms with van der Waals surface area (Å²) >= 11 is 5.83. The molecular formula is C19H18ClN5O3. The van der Waals surface area contributed by atoms with Crippen LogP contribution >= 0.6 is 11.6 Å². The molecule has 0 aliphatic heterocycles. The van der Waals surface area contributed by atoms with Crippen molar-refractivity contribution in [3.8, 4) is 11.7 Å². The van der Waals surface area contributed by atoms with Crippen molar-refractivity contribution in [1.82, 2.24) is 19.7 Å². The first-order valence-electron chi connectivity index (χ1n) is 8.87. The van der Waals surface area contributed by atoms with E-state index in [9.17, 15) is 9.59 Å². The molecule has 4 rings (SSSR count). The lowest BCUT2D eigenvalue weighted by molar-refractivity contribution is -0.118. The molecule has 2 aromatic heterocycles. The molecule has 0 saturated carbocycles. The van der Waals surface area contributed by atoms with Crippen molar-refractivity contribution in [2.24, 2.45) is 0 Å². The largest absolute Gasteiger partial charge is 0.484 e. The molecule has 0 unspecified atom stereocenters. The van der Waals surface area contributed by atoms with E-state index in [4.69, 9.17) is 16.3 Å². The van der Waals surface area contributed by atoms with Gasteiger partial charge >= 0.3 is 0 Å². The van der Waals surface area contributed by atoms with Gasteiger partial charge in [-0.2, -0.15) is 9.78 Å². The Morgan fingerprint density at radius 2 is 2.11 bits per heavy atom. The zero-order valence-electron chi connectivity index (χ0n) is 15.2. The van der Waals surface area contributed by atoms with Gasteiger partial charge in [0, 0.05) is 16.7 Å².